The number of nitrogens with one attached hydrogen (secondary N) is 1. The summed E-state index contributed by atoms with van der Waals surface area (Å²) in [5.41, 5.74) is 0.307. The van der Waals surface area contributed by atoms with Crippen LogP contribution in [0.25, 0.3) is 0 Å². The van der Waals surface area contributed by atoms with E-state index in [0.717, 1.165) is 17.9 Å². The van der Waals surface area contributed by atoms with Gasteiger partial charge >= 0.3 is 0 Å². The van der Waals surface area contributed by atoms with Gasteiger partial charge in [-0.25, -0.2) is 0 Å². The van der Waals surface area contributed by atoms with Crippen molar-refractivity contribution in [3.63, 3.8) is 0 Å². The topological polar surface area (TPSA) is 60.0 Å². The molecule has 0 radical (unpaired) electrons. The van der Waals surface area contributed by atoms with Gasteiger partial charge in [0.25, 0.3) is 0 Å². The van der Waals surface area contributed by atoms with Crippen LogP contribution >= 0.6 is 11.6 Å². The lowest BCUT2D eigenvalue weighted by atomic mass is 9.97. The van der Waals surface area contributed by atoms with Gasteiger partial charge in [0.15, 0.2) is 0 Å². The molecular weight excluding hydrogens is 344 g/mol. The fourth-order valence-corrected chi connectivity index (χ4v) is 3.20. The average molecular weight is 369 g/mol. The van der Waals surface area contributed by atoms with Gasteiger partial charge in [0.2, 0.25) is 5.91 Å². The number of ether oxygens (including phenoxy) is 3. The summed E-state index contributed by atoms with van der Waals surface area (Å²) in [4.78, 5) is 14.5. The molecule has 138 valence electrons. The van der Waals surface area contributed by atoms with E-state index in [9.17, 15) is 4.79 Å². The van der Waals surface area contributed by atoms with Crippen LogP contribution in [0.15, 0.2) is 18.2 Å². The van der Waals surface area contributed by atoms with Crippen molar-refractivity contribution in [3.05, 3.63) is 28.8 Å². The predicted octanol–water partition coefficient (Wildman–Crippen LogP) is 1.63. The van der Waals surface area contributed by atoms with Crippen molar-refractivity contribution in [1.82, 2.24) is 10.2 Å². The van der Waals surface area contributed by atoms with E-state index >= 15 is 0 Å². The molecule has 1 N–H and O–H groups in total. The molecule has 3 rings (SSSR count). The average Bonchev–Trinajstić information content (AvgIpc) is 2.64. The molecule has 2 aliphatic rings. The lowest BCUT2D eigenvalue weighted by Gasteiger charge is -2.38. The number of hydrogen-bond acceptors (Lipinski definition) is 5. The smallest absolute Gasteiger partial charge is 0.225 e. The van der Waals surface area contributed by atoms with Gasteiger partial charge < -0.3 is 24.4 Å². The van der Waals surface area contributed by atoms with Crippen LogP contribution in [-0.4, -0.2) is 69.0 Å². The molecule has 0 spiro atoms. The maximum absolute atomic E-state index is 12.7. The molecule has 2 aliphatic heterocycles. The van der Waals surface area contributed by atoms with Gasteiger partial charge in [0.1, 0.15) is 18.0 Å². The molecule has 0 aliphatic carbocycles. The van der Waals surface area contributed by atoms with Crippen molar-refractivity contribution >= 4 is 17.5 Å². The van der Waals surface area contributed by atoms with Crippen molar-refractivity contribution in [2.75, 3.05) is 52.6 Å². The van der Waals surface area contributed by atoms with Gasteiger partial charge in [0, 0.05) is 31.2 Å². The largest absolute Gasteiger partial charge is 0.491 e. The Kier molecular flexibility index (Phi) is 6.17. The second-order valence-electron chi connectivity index (χ2n) is 6.58. The molecule has 2 saturated heterocycles. The molecule has 0 unspecified atom stereocenters. The first kappa shape index (κ1) is 18.5. The summed E-state index contributed by atoms with van der Waals surface area (Å²) in [7, 11) is 0. The van der Waals surface area contributed by atoms with E-state index in [4.69, 9.17) is 25.8 Å². The highest BCUT2D eigenvalue weighted by molar-refractivity contribution is 6.31. The first-order chi connectivity index (χ1) is 12.1. The Hall–Kier alpha value is -1.34. The van der Waals surface area contributed by atoms with Crippen LogP contribution in [0.2, 0.25) is 5.02 Å². The van der Waals surface area contributed by atoms with Crippen LogP contribution < -0.4 is 10.1 Å². The van der Waals surface area contributed by atoms with Gasteiger partial charge in [0.05, 0.1) is 26.2 Å². The van der Waals surface area contributed by atoms with E-state index in [1.165, 1.54) is 0 Å². The fourth-order valence-electron chi connectivity index (χ4n) is 3.09. The van der Waals surface area contributed by atoms with Gasteiger partial charge in [-0.1, -0.05) is 11.6 Å². The van der Waals surface area contributed by atoms with E-state index in [2.05, 4.69) is 5.32 Å². The minimum Gasteiger partial charge on any atom is -0.491 e. The minimum atomic E-state index is -0.652. The Labute approximate surface area is 153 Å². The predicted molar refractivity (Wildman–Crippen MR) is 95.3 cm³/mol. The summed E-state index contributed by atoms with van der Waals surface area (Å²) in [5, 5.41) is 4.03. The van der Waals surface area contributed by atoms with Crippen LogP contribution in [0.5, 0.6) is 5.75 Å². The molecule has 2 heterocycles. The highest BCUT2D eigenvalue weighted by Crippen LogP contribution is 2.25. The third-order valence-corrected chi connectivity index (χ3v) is 5.03. The second-order valence-corrected chi connectivity index (χ2v) is 6.99. The minimum absolute atomic E-state index is 0.0860. The number of benzene rings is 1. The molecule has 0 saturated carbocycles. The van der Waals surface area contributed by atoms with Crippen LogP contribution in [0.3, 0.4) is 0 Å². The van der Waals surface area contributed by atoms with Crippen molar-refractivity contribution in [3.8, 4) is 5.75 Å². The monoisotopic (exact) mass is 368 g/mol. The first-order valence-corrected chi connectivity index (χ1v) is 9.05. The number of morpholine rings is 2. The lowest BCUT2D eigenvalue weighted by Crippen LogP contribution is -2.56. The van der Waals surface area contributed by atoms with E-state index < -0.39 is 5.60 Å². The standard InChI is InChI=1S/C18H25ClN2O4/c1-14-10-15(2-3-16(14)19)24-13-18(12-20-4-7-25-18)11-17(22)21-5-8-23-9-6-21/h2-3,10,20H,4-9,11-13H2,1H3/t18-/m1/s1. The SMILES string of the molecule is Cc1cc(OC[C@@]2(CC(=O)N3CCOCC3)CNCCO2)ccc1Cl. The number of hydrogen-bond donors (Lipinski definition) is 1. The molecule has 7 heteroatoms. The molecule has 0 bridgehead atoms. The first-order valence-electron chi connectivity index (χ1n) is 8.67. The zero-order valence-corrected chi connectivity index (χ0v) is 15.3. The van der Waals surface area contributed by atoms with Gasteiger partial charge in [-0.2, -0.15) is 0 Å². The van der Waals surface area contributed by atoms with E-state index in [0.29, 0.717) is 57.5 Å². The second kappa shape index (κ2) is 8.36. The van der Waals surface area contributed by atoms with Crippen molar-refractivity contribution in [2.24, 2.45) is 0 Å². The van der Waals surface area contributed by atoms with Crippen LogP contribution in [0.1, 0.15) is 12.0 Å². The van der Waals surface area contributed by atoms with Crippen molar-refractivity contribution < 1.29 is 19.0 Å². The number of rotatable bonds is 5. The Morgan fingerprint density at radius 2 is 2.16 bits per heavy atom. The molecule has 6 nitrogen and oxygen atoms in total. The van der Waals surface area contributed by atoms with Gasteiger partial charge in [-0.15, -0.1) is 0 Å². The Morgan fingerprint density at radius 3 is 2.84 bits per heavy atom. The number of carbonyl (C=O) groups excluding carboxylic acids is 1. The summed E-state index contributed by atoms with van der Waals surface area (Å²) in [5.74, 6) is 0.817. The van der Waals surface area contributed by atoms with Crippen LogP contribution in [0.4, 0.5) is 0 Å². The molecule has 25 heavy (non-hydrogen) atoms. The summed E-state index contributed by atoms with van der Waals surface area (Å²) in [6, 6.07) is 5.55. The van der Waals surface area contributed by atoms with E-state index in [1.807, 2.05) is 30.0 Å². The third kappa shape index (κ3) is 4.85. The fraction of sp³-hybridized carbons (Fsp3) is 0.611. The number of nitrogens with zero attached hydrogens (tertiary/aromatic N) is 1. The zero-order valence-electron chi connectivity index (χ0n) is 14.6. The molecular formula is C18H25ClN2O4. The normalized spacial score (nSPS) is 24.2. The lowest BCUT2D eigenvalue weighted by molar-refractivity contribution is -0.149. The molecule has 0 aromatic heterocycles. The van der Waals surface area contributed by atoms with Gasteiger partial charge in [-0.3, -0.25) is 4.79 Å². The van der Waals surface area contributed by atoms with E-state index in [-0.39, 0.29) is 5.91 Å². The number of amides is 1. The molecule has 1 amide bonds. The number of carbonyl (C=O) groups is 1. The Bertz CT molecular complexity index is 599. The maximum Gasteiger partial charge on any atom is 0.225 e. The third-order valence-electron chi connectivity index (χ3n) is 4.60. The maximum atomic E-state index is 12.7. The summed E-state index contributed by atoms with van der Waals surface area (Å²) < 4.78 is 17.3. The summed E-state index contributed by atoms with van der Waals surface area (Å²) in [6.45, 7) is 6.67. The molecule has 2 fully saturated rings. The Balaban J connectivity index is 1.65. The van der Waals surface area contributed by atoms with Crippen LogP contribution in [0, 0.1) is 6.92 Å². The van der Waals surface area contributed by atoms with Gasteiger partial charge in [-0.05, 0) is 30.7 Å². The summed E-state index contributed by atoms with van der Waals surface area (Å²) in [6.07, 6.45) is 0.298. The molecule has 1 atom stereocenters. The molecule has 1 aromatic carbocycles. The highest BCUT2D eigenvalue weighted by Gasteiger charge is 2.38. The number of halogens is 1. The van der Waals surface area contributed by atoms with Crippen molar-refractivity contribution in [2.45, 2.75) is 18.9 Å². The van der Waals surface area contributed by atoms with E-state index in [1.54, 1.807) is 0 Å². The highest BCUT2D eigenvalue weighted by atomic mass is 35.5. The van der Waals surface area contributed by atoms with Crippen molar-refractivity contribution in [1.29, 1.82) is 0 Å². The Morgan fingerprint density at radius 1 is 1.36 bits per heavy atom. The quantitative estimate of drug-likeness (QED) is 0.856. The number of aryl methyl sites for hydroxylation is 1. The molecule has 1 aromatic rings. The summed E-state index contributed by atoms with van der Waals surface area (Å²) >= 11 is 6.06. The zero-order chi connectivity index (χ0) is 17.7. The van der Waals surface area contributed by atoms with Crippen LogP contribution in [-0.2, 0) is 14.3 Å².